The summed E-state index contributed by atoms with van der Waals surface area (Å²) in [5.41, 5.74) is 4.14. The molecule has 0 radical (unpaired) electrons. The van der Waals surface area contributed by atoms with Crippen molar-refractivity contribution in [2.75, 3.05) is 11.9 Å². The van der Waals surface area contributed by atoms with Crippen molar-refractivity contribution in [1.82, 2.24) is 15.0 Å². The molecule has 0 aliphatic carbocycles. The standard InChI is InChI=1S/C17H17BrN4S/c1-11-12(2)20-16(14-6-4-5-7-19-14)21-17(11)22(3)9-13-8-15(18)23-10-13/h4-8,10H,9H2,1-3H3. The summed E-state index contributed by atoms with van der Waals surface area (Å²) in [5.74, 6) is 1.61. The quantitative estimate of drug-likeness (QED) is 0.653. The number of rotatable bonds is 4. The summed E-state index contributed by atoms with van der Waals surface area (Å²) in [6.07, 6.45) is 1.76. The van der Waals surface area contributed by atoms with Crippen molar-refractivity contribution >= 4 is 33.1 Å². The van der Waals surface area contributed by atoms with E-state index in [9.17, 15) is 0 Å². The van der Waals surface area contributed by atoms with Gasteiger partial charge in [-0.05, 0) is 58.9 Å². The SMILES string of the molecule is Cc1nc(-c2ccccn2)nc(N(C)Cc2csc(Br)c2)c1C. The maximum Gasteiger partial charge on any atom is 0.180 e. The van der Waals surface area contributed by atoms with Gasteiger partial charge in [-0.2, -0.15) is 0 Å². The summed E-state index contributed by atoms with van der Waals surface area (Å²) in [6, 6.07) is 7.92. The van der Waals surface area contributed by atoms with E-state index in [1.165, 1.54) is 5.56 Å². The molecule has 0 N–H and O–H groups in total. The molecule has 23 heavy (non-hydrogen) atoms. The fourth-order valence-corrected chi connectivity index (χ4v) is 3.57. The molecular weight excluding hydrogens is 372 g/mol. The van der Waals surface area contributed by atoms with Crippen LogP contribution in [0.2, 0.25) is 0 Å². The van der Waals surface area contributed by atoms with E-state index in [1.54, 1.807) is 17.5 Å². The first-order valence-electron chi connectivity index (χ1n) is 7.25. The normalized spacial score (nSPS) is 10.8. The lowest BCUT2D eigenvalue weighted by Crippen LogP contribution is -2.20. The number of hydrogen-bond acceptors (Lipinski definition) is 5. The Bertz CT molecular complexity index is 817. The third kappa shape index (κ3) is 3.59. The molecule has 3 aromatic heterocycles. The molecule has 118 valence electrons. The van der Waals surface area contributed by atoms with Gasteiger partial charge in [-0.1, -0.05) is 6.07 Å². The lowest BCUT2D eigenvalue weighted by Gasteiger charge is -2.21. The number of aromatic nitrogens is 3. The van der Waals surface area contributed by atoms with E-state index in [-0.39, 0.29) is 0 Å². The Hall–Kier alpha value is -1.79. The summed E-state index contributed by atoms with van der Waals surface area (Å²) >= 11 is 5.21. The smallest absolute Gasteiger partial charge is 0.180 e. The van der Waals surface area contributed by atoms with Crippen molar-refractivity contribution < 1.29 is 0 Å². The highest BCUT2D eigenvalue weighted by molar-refractivity contribution is 9.11. The molecule has 4 nitrogen and oxygen atoms in total. The predicted octanol–water partition coefficient (Wildman–Crippen LogP) is 4.62. The molecular formula is C17H17BrN4S. The van der Waals surface area contributed by atoms with E-state index < -0.39 is 0 Å². The van der Waals surface area contributed by atoms with Crippen LogP contribution in [-0.4, -0.2) is 22.0 Å². The molecule has 0 aliphatic heterocycles. The number of halogens is 1. The van der Waals surface area contributed by atoms with Crippen LogP contribution >= 0.6 is 27.3 Å². The fraction of sp³-hybridized carbons (Fsp3) is 0.235. The van der Waals surface area contributed by atoms with Crippen molar-refractivity contribution in [3.05, 3.63) is 56.4 Å². The van der Waals surface area contributed by atoms with Gasteiger partial charge in [0.1, 0.15) is 11.5 Å². The van der Waals surface area contributed by atoms with Gasteiger partial charge in [0.2, 0.25) is 0 Å². The molecule has 0 aromatic carbocycles. The van der Waals surface area contributed by atoms with Crippen LogP contribution in [0.4, 0.5) is 5.82 Å². The zero-order valence-corrected chi connectivity index (χ0v) is 15.6. The van der Waals surface area contributed by atoms with Gasteiger partial charge in [0.15, 0.2) is 5.82 Å². The summed E-state index contributed by atoms with van der Waals surface area (Å²) in [6.45, 7) is 4.88. The molecule has 0 fully saturated rings. The van der Waals surface area contributed by atoms with Crippen LogP contribution in [0.5, 0.6) is 0 Å². The summed E-state index contributed by atoms with van der Waals surface area (Å²) in [5, 5.41) is 2.16. The van der Waals surface area contributed by atoms with E-state index in [0.29, 0.717) is 5.82 Å². The van der Waals surface area contributed by atoms with Gasteiger partial charge in [0.25, 0.3) is 0 Å². The lowest BCUT2D eigenvalue weighted by atomic mass is 10.2. The zero-order valence-electron chi connectivity index (χ0n) is 13.2. The minimum absolute atomic E-state index is 0.669. The predicted molar refractivity (Wildman–Crippen MR) is 98.9 cm³/mol. The molecule has 0 saturated carbocycles. The van der Waals surface area contributed by atoms with Crippen molar-refractivity contribution in [3.8, 4) is 11.5 Å². The molecule has 0 bridgehead atoms. The number of nitrogens with zero attached hydrogens (tertiary/aromatic N) is 4. The topological polar surface area (TPSA) is 41.9 Å². The molecule has 3 aromatic rings. The summed E-state index contributed by atoms with van der Waals surface area (Å²) in [7, 11) is 2.06. The molecule has 3 rings (SSSR count). The Balaban J connectivity index is 1.96. The van der Waals surface area contributed by atoms with Crippen molar-refractivity contribution in [1.29, 1.82) is 0 Å². The average molecular weight is 389 g/mol. The van der Waals surface area contributed by atoms with Crippen LogP contribution in [0.25, 0.3) is 11.5 Å². The maximum absolute atomic E-state index is 4.75. The van der Waals surface area contributed by atoms with E-state index in [2.05, 4.69) is 56.2 Å². The first-order valence-corrected chi connectivity index (χ1v) is 8.92. The maximum atomic E-state index is 4.75. The van der Waals surface area contributed by atoms with Gasteiger partial charge >= 0.3 is 0 Å². The second kappa shape index (κ2) is 6.76. The molecule has 6 heteroatoms. The molecule has 0 aliphatic rings. The average Bonchev–Trinajstić information content (AvgIpc) is 2.95. The first kappa shape index (κ1) is 16.1. The number of anilines is 1. The monoisotopic (exact) mass is 388 g/mol. The molecule has 0 saturated heterocycles. The van der Waals surface area contributed by atoms with Crippen LogP contribution in [0.3, 0.4) is 0 Å². The van der Waals surface area contributed by atoms with Gasteiger partial charge in [-0.25, -0.2) is 9.97 Å². The van der Waals surface area contributed by atoms with Crippen LogP contribution in [0, 0.1) is 13.8 Å². The number of aryl methyl sites for hydroxylation is 1. The van der Waals surface area contributed by atoms with Crippen molar-refractivity contribution in [3.63, 3.8) is 0 Å². The Labute approximate surface area is 148 Å². The van der Waals surface area contributed by atoms with Crippen molar-refractivity contribution in [2.45, 2.75) is 20.4 Å². The Kier molecular flexibility index (Phi) is 4.73. The third-order valence-electron chi connectivity index (χ3n) is 3.66. The Morgan fingerprint density at radius 2 is 2.04 bits per heavy atom. The van der Waals surface area contributed by atoms with Gasteiger partial charge in [-0.3, -0.25) is 4.98 Å². The number of thiophene rings is 1. The van der Waals surface area contributed by atoms with Crippen LogP contribution < -0.4 is 4.90 Å². The molecule has 0 atom stereocenters. The largest absolute Gasteiger partial charge is 0.355 e. The van der Waals surface area contributed by atoms with E-state index >= 15 is 0 Å². The Morgan fingerprint density at radius 1 is 1.22 bits per heavy atom. The van der Waals surface area contributed by atoms with Gasteiger partial charge in [0, 0.05) is 31.0 Å². The minimum atomic E-state index is 0.669. The molecule has 0 unspecified atom stereocenters. The molecule has 0 spiro atoms. The zero-order chi connectivity index (χ0) is 16.4. The molecule has 3 heterocycles. The minimum Gasteiger partial charge on any atom is -0.355 e. The highest BCUT2D eigenvalue weighted by Gasteiger charge is 2.14. The number of pyridine rings is 1. The van der Waals surface area contributed by atoms with Crippen LogP contribution in [0.1, 0.15) is 16.8 Å². The lowest BCUT2D eigenvalue weighted by molar-refractivity contribution is 0.879. The highest BCUT2D eigenvalue weighted by Crippen LogP contribution is 2.26. The third-order valence-corrected chi connectivity index (χ3v) is 5.21. The summed E-state index contributed by atoms with van der Waals surface area (Å²) < 4.78 is 1.14. The second-order valence-corrected chi connectivity index (χ2v) is 7.70. The van der Waals surface area contributed by atoms with Gasteiger partial charge in [-0.15, -0.1) is 11.3 Å². The van der Waals surface area contributed by atoms with Crippen molar-refractivity contribution in [2.24, 2.45) is 0 Å². The fourth-order valence-electron chi connectivity index (χ4n) is 2.37. The second-order valence-electron chi connectivity index (χ2n) is 5.41. The first-order chi connectivity index (χ1) is 11.0. The van der Waals surface area contributed by atoms with Crippen LogP contribution in [0.15, 0.2) is 39.6 Å². The highest BCUT2D eigenvalue weighted by atomic mass is 79.9. The van der Waals surface area contributed by atoms with E-state index in [0.717, 1.165) is 33.1 Å². The van der Waals surface area contributed by atoms with Gasteiger partial charge < -0.3 is 4.90 Å². The molecule has 0 amide bonds. The van der Waals surface area contributed by atoms with E-state index in [4.69, 9.17) is 4.98 Å². The van der Waals surface area contributed by atoms with Gasteiger partial charge in [0.05, 0.1) is 3.79 Å². The van der Waals surface area contributed by atoms with E-state index in [1.807, 2.05) is 25.1 Å². The Morgan fingerprint density at radius 3 is 2.70 bits per heavy atom. The number of hydrogen-bond donors (Lipinski definition) is 0. The van der Waals surface area contributed by atoms with Crippen LogP contribution in [-0.2, 0) is 6.54 Å². The summed E-state index contributed by atoms with van der Waals surface area (Å²) in [4.78, 5) is 15.9.